The second-order valence-corrected chi connectivity index (χ2v) is 8.42. The highest BCUT2D eigenvalue weighted by molar-refractivity contribution is 5.99. The van der Waals surface area contributed by atoms with Crippen LogP contribution in [0.4, 0.5) is 0 Å². The highest BCUT2D eigenvalue weighted by atomic mass is 16.5. The normalized spacial score (nSPS) is 15.3. The Labute approximate surface area is 199 Å². The number of nitrogens with zero attached hydrogens (tertiary/aromatic N) is 1. The molecular formula is C27H31NO6. The molecule has 7 nitrogen and oxygen atoms in total. The van der Waals surface area contributed by atoms with Crippen molar-refractivity contribution in [3.63, 3.8) is 0 Å². The third kappa shape index (κ3) is 4.53. The van der Waals surface area contributed by atoms with E-state index in [2.05, 4.69) is 0 Å². The van der Waals surface area contributed by atoms with E-state index in [-0.39, 0.29) is 23.2 Å². The van der Waals surface area contributed by atoms with Gasteiger partial charge in [0.25, 0.3) is 5.91 Å². The molecule has 4 rings (SSSR count). The van der Waals surface area contributed by atoms with E-state index in [0.717, 1.165) is 5.56 Å². The average molecular weight is 466 g/mol. The van der Waals surface area contributed by atoms with Crippen molar-refractivity contribution in [3.8, 4) is 11.5 Å². The van der Waals surface area contributed by atoms with Crippen LogP contribution in [-0.2, 0) is 4.74 Å². The van der Waals surface area contributed by atoms with Crippen molar-refractivity contribution < 1.29 is 23.4 Å². The standard InChI is InChI=1S/C27H31NO6/c1-5-31-21-13-12-18(16-22(21)32-6-2)24-23-25(29)19-10-7-8-11-20(19)34-26(23)27(30)28(24)14-9-15-33-17(3)4/h7-8,10-13,16-17,24H,5-6,9,14-15H2,1-4H3/t24-/m1/s1. The summed E-state index contributed by atoms with van der Waals surface area (Å²) < 4.78 is 23.2. The topological polar surface area (TPSA) is 78.2 Å². The van der Waals surface area contributed by atoms with E-state index < -0.39 is 6.04 Å². The molecule has 2 heterocycles. The Morgan fingerprint density at radius 1 is 1.00 bits per heavy atom. The summed E-state index contributed by atoms with van der Waals surface area (Å²) in [7, 11) is 0. The van der Waals surface area contributed by atoms with Gasteiger partial charge in [0.05, 0.1) is 36.3 Å². The Morgan fingerprint density at radius 3 is 2.47 bits per heavy atom. The van der Waals surface area contributed by atoms with Gasteiger partial charge in [0, 0.05) is 13.2 Å². The van der Waals surface area contributed by atoms with Gasteiger partial charge in [0.2, 0.25) is 5.76 Å². The van der Waals surface area contributed by atoms with Crippen LogP contribution in [-0.4, -0.2) is 43.3 Å². The minimum Gasteiger partial charge on any atom is -0.490 e. The molecule has 180 valence electrons. The monoisotopic (exact) mass is 465 g/mol. The number of fused-ring (bicyclic) bond motifs is 2. The van der Waals surface area contributed by atoms with E-state index in [4.69, 9.17) is 18.6 Å². The Bertz CT molecular complexity index is 1230. The van der Waals surface area contributed by atoms with E-state index in [9.17, 15) is 9.59 Å². The van der Waals surface area contributed by atoms with Crippen molar-refractivity contribution in [1.29, 1.82) is 0 Å². The minimum atomic E-state index is -0.586. The second-order valence-electron chi connectivity index (χ2n) is 8.42. The maximum Gasteiger partial charge on any atom is 0.290 e. The first-order chi connectivity index (χ1) is 16.5. The number of carbonyl (C=O) groups excluding carboxylic acids is 1. The van der Waals surface area contributed by atoms with Crippen LogP contribution in [0.25, 0.3) is 11.0 Å². The molecule has 0 radical (unpaired) electrons. The number of amides is 1. The Balaban J connectivity index is 1.82. The number of hydrogen-bond donors (Lipinski definition) is 0. The van der Waals surface area contributed by atoms with Gasteiger partial charge in [-0.2, -0.15) is 0 Å². The van der Waals surface area contributed by atoms with Gasteiger partial charge in [-0.25, -0.2) is 0 Å². The smallest absolute Gasteiger partial charge is 0.290 e. The molecule has 1 amide bonds. The summed E-state index contributed by atoms with van der Waals surface area (Å²) in [5.74, 6) is 1.01. The lowest BCUT2D eigenvalue weighted by Gasteiger charge is -2.26. The van der Waals surface area contributed by atoms with Crippen LogP contribution < -0.4 is 14.9 Å². The van der Waals surface area contributed by atoms with Crippen LogP contribution in [0.15, 0.2) is 51.7 Å². The van der Waals surface area contributed by atoms with E-state index >= 15 is 0 Å². The highest BCUT2D eigenvalue weighted by Crippen LogP contribution is 2.41. The number of carbonyl (C=O) groups is 1. The Kier molecular flexibility index (Phi) is 7.22. The summed E-state index contributed by atoms with van der Waals surface area (Å²) in [5, 5.41) is 0.458. The summed E-state index contributed by atoms with van der Waals surface area (Å²) in [6.07, 6.45) is 0.743. The van der Waals surface area contributed by atoms with Gasteiger partial charge >= 0.3 is 0 Å². The summed E-state index contributed by atoms with van der Waals surface area (Å²) in [5.41, 5.74) is 1.35. The molecule has 0 bridgehead atoms. The third-order valence-electron chi connectivity index (χ3n) is 5.75. The minimum absolute atomic E-state index is 0.102. The quantitative estimate of drug-likeness (QED) is 0.394. The Morgan fingerprint density at radius 2 is 1.74 bits per heavy atom. The molecule has 0 unspecified atom stereocenters. The van der Waals surface area contributed by atoms with Gasteiger partial charge < -0.3 is 23.5 Å². The molecule has 2 aromatic carbocycles. The molecule has 1 aromatic heterocycles. The first-order valence-corrected chi connectivity index (χ1v) is 11.8. The van der Waals surface area contributed by atoms with Crippen molar-refractivity contribution in [1.82, 2.24) is 4.90 Å². The largest absolute Gasteiger partial charge is 0.490 e. The van der Waals surface area contributed by atoms with E-state index in [1.165, 1.54) is 0 Å². The first-order valence-electron chi connectivity index (χ1n) is 11.8. The van der Waals surface area contributed by atoms with Crippen molar-refractivity contribution in [2.75, 3.05) is 26.4 Å². The predicted molar refractivity (Wildman–Crippen MR) is 130 cm³/mol. The molecule has 0 aliphatic carbocycles. The maximum atomic E-state index is 13.6. The lowest BCUT2D eigenvalue weighted by atomic mass is 9.98. The van der Waals surface area contributed by atoms with Crippen molar-refractivity contribution in [2.45, 2.75) is 46.3 Å². The zero-order chi connectivity index (χ0) is 24.2. The fourth-order valence-corrected chi connectivity index (χ4v) is 4.34. The molecule has 0 fully saturated rings. The van der Waals surface area contributed by atoms with Crippen LogP contribution >= 0.6 is 0 Å². The van der Waals surface area contributed by atoms with Gasteiger partial charge in [-0.05, 0) is 63.9 Å². The molecule has 1 atom stereocenters. The molecule has 0 saturated heterocycles. The molecule has 0 spiro atoms. The van der Waals surface area contributed by atoms with E-state index in [1.807, 2.05) is 45.9 Å². The van der Waals surface area contributed by atoms with Gasteiger partial charge in [-0.1, -0.05) is 18.2 Å². The van der Waals surface area contributed by atoms with E-state index in [0.29, 0.717) is 60.8 Å². The maximum absolute atomic E-state index is 13.6. The predicted octanol–water partition coefficient (Wildman–Crippen LogP) is 4.95. The fourth-order valence-electron chi connectivity index (χ4n) is 4.34. The Hall–Kier alpha value is -3.32. The fraction of sp³-hybridized carbons (Fsp3) is 0.407. The van der Waals surface area contributed by atoms with Gasteiger partial charge in [-0.3, -0.25) is 9.59 Å². The summed E-state index contributed by atoms with van der Waals surface area (Å²) in [6, 6.07) is 12.0. The lowest BCUT2D eigenvalue weighted by Crippen LogP contribution is -2.31. The number of para-hydroxylation sites is 1. The second kappa shape index (κ2) is 10.3. The third-order valence-corrected chi connectivity index (χ3v) is 5.75. The number of ether oxygens (including phenoxy) is 3. The molecular weight excluding hydrogens is 434 g/mol. The van der Waals surface area contributed by atoms with E-state index in [1.54, 1.807) is 29.2 Å². The zero-order valence-electron chi connectivity index (χ0n) is 20.1. The van der Waals surface area contributed by atoms with Gasteiger partial charge in [-0.15, -0.1) is 0 Å². The van der Waals surface area contributed by atoms with Crippen LogP contribution in [0.1, 0.15) is 61.8 Å². The first kappa shape index (κ1) is 23.8. The zero-order valence-corrected chi connectivity index (χ0v) is 20.1. The molecule has 0 N–H and O–H groups in total. The number of hydrogen-bond acceptors (Lipinski definition) is 6. The molecule has 1 aliphatic rings. The molecule has 7 heteroatoms. The number of rotatable bonds is 10. The lowest BCUT2D eigenvalue weighted by molar-refractivity contribution is 0.0593. The van der Waals surface area contributed by atoms with Crippen molar-refractivity contribution in [2.24, 2.45) is 0 Å². The SMILES string of the molecule is CCOc1ccc([C@@H]2c3c(oc4ccccc4c3=O)C(=O)N2CCCOC(C)C)cc1OCC. The molecule has 34 heavy (non-hydrogen) atoms. The van der Waals surface area contributed by atoms with Crippen LogP contribution in [0.3, 0.4) is 0 Å². The molecule has 3 aromatic rings. The summed E-state index contributed by atoms with van der Waals surface area (Å²) in [4.78, 5) is 28.8. The van der Waals surface area contributed by atoms with Crippen LogP contribution in [0.5, 0.6) is 11.5 Å². The van der Waals surface area contributed by atoms with Crippen LogP contribution in [0, 0.1) is 0 Å². The summed E-state index contributed by atoms with van der Waals surface area (Å²) in [6.45, 7) is 9.67. The van der Waals surface area contributed by atoms with Gasteiger partial charge in [0.15, 0.2) is 16.9 Å². The molecule has 1 aliphatic heterocycles. The van der Waals surface area contributed by atoms with Gasteiger partial charge in [0.1, 0.15) is 5.58 Å². The summed E-state index contributed by atoms with van der Waals surface area (Å²) >= 11 is 0. The van der Waals surface area contributed by atoms with Crippen molar-refractivity contribution >= 4 is 16.9 Å². The average Bonchev–Trinajstić information content (AvgIpc) is 3.10. The van der Waals surface area contributed by atoms with Crippen LogP contribution in [0.2, 0.25) is 0 Å². The molecule has 0 saturated carbocycles. The highest BCUT2D eigenvalue weighted by Gasteiger charge is 2.42. The number of benzene rings is 2. The van der Waals surface area contributed by atoms with Crippen molar-refractivity contribution in [3.05, 3.63) is 69.6 Å².